The molecule has 15 heavy (non-hydrogen) atoms. The molecular weight excluding hydrogens is 180 g/mol. The molecule has 0 bridgehead atoms. The lowest BCUT2D eigenvalue weighted by atomic mass is 9.94. The molecule has 0 N–H and O–H groups in total. The van der Waals surface area contributed by atoms with Gasteiger partial charge in [-0.2, -0.15) is 0 Å². The molecule has 0 heteroatoms. The largest absolute Gasteiger partial charge is 0.0885 e. The molecule has 0 aromatic rings. The Morgan fingerprint density at radius 1 is 0.800 bits per heavy atom. The van der Waals surface area contributed by atoms with E-state index in [-0.39, 0.29) is 0 Å². The molecule has 0 saturated carbocycles. The van der Waals surface area contributed by atoms with Crippen molar-refractivity contribution >= 4 is 0 Å². The van der Waals surface area contributed by atoms with Crippen LogP contribution in [0.1, 0.15) is 78.6 Å². The van der Waals surface area contributed by atoms with Crippen LogP contribution in [0, 0.1) is 5.92 Å². The summed E-state index contributed by atoms with van der Waals surface area (Å²) in [6.07, 6.45) is 17.2. The van der Waals surface area contributed by atoms with Crippen molar-refractivity contribution in [1.29, 1.82) is 0 Å². The molecule has 0 aromatic heterocycles. The molecular formula is C15H30. The van der Waals surface area contributed by atoms with Gasteiger partial charge in [0.2, 0.25) is 0 Å². The molecule has 0 aliphatic rings. The first-order chi connectivity index (χ1) is 7.35. The molecule has 0 fully saturated rings. The Labute approximate surface area is 97.2 Å². The predicted octanol–water partition coefficient (Wildman–Crippen LogP) is 5.73. The molecule has 0 nitrogen and oxygen atoms in total. The Morgan fingerprint density at radius 3 is 1.73 bits per heavy atom. The maximum Gasteiger partial charge on any atom is -0.0234 e. The number of hydrogen-bond donors (Lipinski definition) is 0. The number of hydrogen-bond acceptors (Lipinski definition) is 0. The second-order valence-electron chi connectivity index (χ2n) is 4.59. The molecule has 0 aliphatic carbocycles. The molecule has 0 saturated heterocycles. The third kappa shape index (κ3) is 10.0. The summed E-state index contributed by atoms with van der Waals surface area (Å²) in [5.41, 5.74) is 0. The highest BCUT2D eigenvalue weighted by molar-refractivity contribution is 4.87. The van der Waals surface area contributed by atoms with Gasteiger partial charge in [-0.3, -0.25) is 0 Å². The minimum absolute atomic E-state index is 0.864. The molecule has 0 unspecified atom stereocenters. The Hall–Kier alpha value is -0.260. The summed E-state index contributed by atoms with van der Waals surface area (Å²) in [5.74, 6) is 0.864. The molecule has 90 valence electrons. The summed E-state index contributed by atoms with van der Waals surface area (Å²) in [7, 11) is 0. The average Bonchev–Trinajstić information content (AvgIpc) is 2.25. The fourth-order valence-electron chi connectivity index (χ4n) is 1.98. The van der Waals surface area contributed by atoms with E-state index < -0.39 is 0 Å². The number of allylic oxidation sites excluding steroid dienone is 2. The molecule has 0 radical (unpaired) electrons. The van der Waals surface area contributed by atoms with E-state index in [2.05, 4.69) is 32.9 Å². The highest BCUT2D eigenvalue weighted by Gasteiger charge is 2.03. The van der Waals surface area contributed by atoms with Crippen LogP contribution in [0.3, 0.4) is 0 Å². The van der Waals surface area contributed by atoms with Crippen LogP contribution in [0.15, 0.2) is 12.2 Å². The van der Waals surface area contributed by atoms with Crippen molar-refractivity contribution < 1.29 is 0 Å². The van der Waals surface area contributed by atoms with Gasteiger partial charge in [0.15, 0.2) is 0 Å². The van der Waals surface area contributed by atoms with Gasteiger partial charge in [0.25, 0.3) is 0 Å². The first-order valence-electron chi connectivity index (χ1n) is 7.01. The molecule has 0 aliphatic heterocycles. The summed E-state index contributed by atoms with van der Waals surface area (Å²) >= 11 is 0. The third-order valence-electron chi connectivity index (χ3n) is 3.00. The average molecular weight is 210 g/mol. The first-order valence-corrected chi connectivity index (χ1v) is 7.01. The Balaban J connectivity index is 3.68. The van der Waals surface area contributed by atoms with Gasteiger partial charge in [-0.05, 0) is 25.2 Å². The fraction of sp³-hybridized carbons (Fsp3) is 0.867. The van der Waals surface area contributed by atoms with Crippen LogP contribution in [0.25, 0.3) is 0 Å². The van der Waals surface area contributed by atoms with Gasteiger partial charge >= 0.3 is 0 Å². The highest BCUT2D eigenvalue weighted by Crippen LogP contribution is 2.19. The summed E-state index contributed by atoms with van der Waals surface area (Å²) in [4.78, 5) is 0. The normalized spacial score (nSPS) is 11.7. The van der Waals surface area contributed by atoms with Gasteiger partial charge in [0.05, 0.1) is 0 Å². The van der Waals surface area contributed by atoms with E-state index >= 15 is 0 Å². The van der Waals surface area contributed by atoms with Gasteiger partial charge in [0.1, 0.15) is 0 Å². The molecule has 0 rings (SSSR count). The lowest BCUT2D eigenvalue weighted by Gasteiger charge is -2.12. The van der Waals surface area contributed by atoms with E-state index in [0.29, 0.717) is 0 Å². The van der Waals surface area contributed by atoms with Gasteiger partial charge in [-0.25, -0.2) is 0 Å². The van der Waals surface area contributed by atoms with Crippen molar-refractivity contribution in [2.24, 2.45) is 5.92 Å². The van der Waals surface area contributed by atoms with Gasteiger partial charge in [-0.1, -0.05) is 71.4 Å². The topological polar surface area (TPSA) is 0 Å². The second kappa shape index (κ2) is 11.8. The van der Waals surface area contributed by atoms with Crippen molar-refractivity contribution in [1.82, 2.24) is 0 Å². The summed E-state index contributed by atoms with van der Waals surface area (Å²) in [6, 6.07) is 0. The zero-order chi connectivity index (χ0) is 11.4. The number of unbranched alkanes of at least 4 members (excludes halogenated alkanes) is 4. The van der Waals surface area contributed by atoms with E-state index in [9.17, 15) is 0 Å². The zero-order valence-electron chi connectivity index (χ0n) is 11.1. The molecule has 0 spiro atoms. The zero-order valence-corrected chi connectivity index (χ0v) is 11.1. The third-order valence-corrected chi connectivity index (χ3v) is 3.00. The number of rotatable bonds is 10. The monoisotopic (exact) mass is 210 g/mol. The van der Waals surface area contributed by atoms with Crippen molar-refractivity contribution in [3.63, 3.8) is 0 Å². The quantitative estimate of drug-likeness (QED) is 0.319. The summed E-state index contributed by atoms with van der Waals surface area (Å²) in [6.45, 7) is 6.80. The summed E-state index contributed by atoms with van der Waals surface area (Å²) in [5, 5.41) is 0. The van der Waals surface area contributed by atoms with Crippen LogP contribution in [-0.4, -0.2) is 0 Å². The minimum Gasteiger partial charge on any atom is -0.0885 e. The molecule has 0 atom stereocenters. The molecule has 0 amide bonds. The van der Waals surface area contributed by atoms with Crippen LogP contribution in [0.4, 0.5) is 0 Å². The lowest BCUT2D eigenvalue weighted by molar-refractivity contribution is 0.480. The van der Waals surface area contributed by atoms with Crippen molar-refractivity contribution in [3.8, 4) is 0 Å². The lowest BCUT2D eigenvalue weighted by Crippen LogP contribution is -1.97. The first kappa shape index (κ1) is 14.7. The van der Waals surface area contributed by atoms with Gasteiger partial charge in [-0.15, -0.1) is 0 Å². The van der Waals surface area contributed by atoms with E-state index in [0.717, 1.165) is 5.92 Å². The highest BCUT2D eigenvalue weighted by atomic mass is 14.1. The predicted molar refractivity (Wildman–Crippen MR) is 71.2 cm³/mol. The molecule has 0 heterocycles. The minimum atomic E-state index is 0.864. The van der Waals surface area contributed by atoms with Gasteiger partial charge in [0, 0.05) is 0 Å². The van der Waals surface area contributed by atoms with E-state index in [1.165, 1.54) is 57.8 Å². The van der Waals surface area contributed by atoms with E-state index in [1.54, 1.807) is 0 Å². The van der Waals surface area contributed by atoms with E-state index in [1.807, 2.05) is 0 Å². The Kier molecular flexibility index (Phi) is 11.6. The molecule has 0 aromatic carbocycles. The Bertz CT molecular complexity index is 125. The summed E-state index contributed by atoms with van der Waals surface area (Å²) < 4.78 is 0. The van der Waals surface area contributed by atoms with Crippen LogP contribution in [0.2, 0.25) is 0 Å². The maximum absolute atomic E-state index is 2.46. The SMILES string of the molecule is CC/C=C/C(CCCCC)CCCCC. The van der Waals surface area contributed by atoms with Gasteiger partial charge < -0.3 is 0 Å². The van der Waals surface area contributed by atoms with E-state index in [4.69, 9.17) is 0 Å². The standard InChI is InChI=1S/C15H30/c1-4-7-10-13-15(12-9-6-3)14-11-8-5-2/h9,12,15H,4-8,10-11,13-14H2,1-3H3/b12-9+. The fourth-order valence-corrected chi connectivity index (χ4v) is 1.98. The van der Waals surface area contributed by atoms with Crippen LogP contribution < -0.4 is 0 Å². The Morgan fingerprint density at radius 2 is 1.33 bits per heavy atom. The maximum atomic E-state index is 2.46. The van der Waals surface area contributed by atoms with Crippen molar-refractivity contribution in [2.45, 2.75) is 78.6 Å². The van der Waals surface area contributed by atoms with Crippen LogP contribution >= 0.6 is 0 Å². The van der Waals surface area contributed by atoms with Crippen LogP contribution in [-0.2, 0) is 0 Å². The van der Waals surface area contributed by atoms with Crippen LogP contribution in [0.5, 0.6) is 0 Å². The smallest absolute Gasteiger partial charge is 0.0234 e. The van der Waals surface area contributed by atoms with Crippen molar-refractivity contribution in [2.75, 3.05) is 0 Å². The van der Waals surface area contributed by atoms with Crippen molar-refractivity contribution in [3.05, 3.63) is 12.2 Å². The second-order valence-corrected chi connectivity index (χ2v) is 4.59.